The van der Waals surface area contributed by atoms with Crippen molar-refractivity contribution in [1.29, 1.82) is 0 Å². The molecule has 0 atom stereocenters. The second kappa shape index (κ2) is 7.71. The van der Waals surface area contributed by atoms with Gasteiger partial charge in [-0.25, -0.2) is 19.6 Å². The van der Waals surface area contributed by atoms with Gasteiger partial charge in [-0.2, -0.15) is 0 Å². The smallest absolute Gasteiger partial charge is 0.211 e. The first-order valence-electron chi connectivity index (χ1n) is 6.61. The predicted octanol–water partition coefficient (Wildman–Crippen LogP) is 3.07. The third-order valence-corrected chi connectivity index (χ3v) is 3.11. The van der Waals surface area contributed by atoms with Crippen molar-refractivity contribution in [2.45, 2.75) is 6.42 Å². The van der Waals surface area contributed by atoms with Gasteiger partial charge in [-0.05, 0) is 28.3 Å². The summed E-state index contributed by atoms with van der Waals surface area (Å²) in [7, 11) is 0. The molecule has 0 saturated carbocycles. The Bertz CT molecular complexity index is 729. The molecule has 1 aliphatic rings. The molecule has 0 aromatic heterocycles. The molecule has 4 nitrogen and oxygen atoms in total. The highest BCUT2D eigenvalue weighted by Gasteiger charge is 2.06. The molecule has 2 aromatic carbocycles. The van der Waals surface area contributed by atoms with Gasteiger partial charge in [0.25, 0.3) is 0 Å². The summed E-state index contributed by atoms with van der Waals surface area (Å²) in [5, 5.41) is 2.80. The lowest BCUT2D eigenvalue weighted by molar-refractivity contribution is 0.560. The quantitative estimate of drug-likeness (QED) is 0.492. The van der Waals surface area contributed by atoms with E-state index in [2.05, 4.69) is 58.5 Å². The Kier molecular flexibility index (Phi) is 5.36. The van der Waals surface area contributed by atoms with Crippen molar-refractivity contribution in [3.8, 4) is 0 Å². The summed E-state index contributed by atoms with van der Waals surface area (Å²) in [6.45, 7) is 0.442. The number of hydrogen-bond acceptors (Lipinski definition) is 4. The molecular formula is C17H14N2O2. The molecule has 0 N–H and O–H groups in total. The summed E-state index contributed by atoms with van der Waals surface area (Å²) in [4.78, 5) is 24.9. The molecule has 0 radical (unpaired) electrons. The lowest BCUT2D eigenvalue weighted by Gasteiger charge is -2.11. The summed E-state index contributed by atoms with van der Waals surface area (Å²) in [6.07, 6.45) is 8.15. The third kappa shape index (κ3) is 3.83. The average Bonchev–Trinajstić information content (AvgIpc) is 2.53. The van der Waals surface area contributed by atoms with Crippen LogP contribution in [0.15, 0.2) is 52.5 Å². The average molecular weight is 278 g/mol. The van der Waals surface area contributed by atoms with E-state index < -0.39 is 0 Å². The Hall–Kier alpha value is -2.80. The van der Waals surface area contributed by atoms with Gasteiger partial charge < -0.3 is 0 Å². The molecule has 4 heteroatoms. The van der Waals surface area contributed by atoms with Crippen molar-refractivity contribution in [3.63, 3.8) is 0 Å². The van der Waals surface area contributed by atoms with Gasteiger partial charge in [-0.15, -0.1) is 0 Å². The Labute approximate surface area is 122 Å². The standard InChI is InChI=1S/C13H10.C4H4N2O2/c1-4-10-6-2-8-12-9-3-7-11(5-1)13(10)12;7-3-5-1-2-6-4-8/h1-8H,9H2;1-2H2. The van der Waals surface area contributed by atoms with E-state index in [1.54, 1.807) is 0 Å². The first kappa shape index (κ1) is 14.6. The number of carbonyl (C=O) groups excluding carboxylic acids is 2. The van der Waals surface area contributed by atoms with E-state index in [-0.39, 0.29) is 13.1 Å². The minimum absolute atomic E-state index is 0.221. The van der Waals surface area contributed by atoms with Gasteiger partial charge in [0.2, 0.25) is 12.2 Å². The van der Waals surface area contributed by atoms with Gasteiger partial charge in [0.1, 0.15) is 0 Å². The zero-order chi connectivity index (χ0) is 14.9. The van der Waals surface area contributed by atoms with Crippen LogP contribution in [-0.2, 0) is 16.0 Å². The normalized spacial score (nSPS) is 10.9. The monoisotopic (exact) mass is 278 g/mol. The molecule has 0 spiro atoms. The number of benzene rings is 2. The van der Waals surface area contributed by atoms with E-state index in [0.29, 0.717) is 0 Å². The van der Waals surface area contributed by atoms with Gasteiger partial charge in [0, 0.05) is 0 Å². The number of rotatable bonds is 3. The van der Waals surface area contributed by atoms with E-state index in [1.165, 1.54) is 34.1 Å². The Morgan fingerprint density at radius 1 is 0.952 bits per heavy atom. The highest BCUT2D eigenvalue weighted by molar-refractivity contribution is 5.94. The summed E-state index contributed by atoms with van der Waals surface area (Å²) in [5.74, 6) is 0. The Morgan fingerprint density at radius 3 is 2.29 bits per heavy atom. The zero-order valence-corrected chi connectivity index (χ0v) is 11.5. The number of isocyanates is 2. The number of nitrogens with zero attached hydrogens (tertiary/aromatic N) is 2. The van der Waals surface area contributed by atoms with Crippen molar-refractivity contribution in [2.75, 3.05) is 13.1 Å². The summed E-state index contributed by atoms with van der Waals surface area (Å²) in [6, 6.07) is 13.0. The summed E-state index contributed by atoms with van der Waals surface area (Å²) in [5.41, 5.74) is 2.81. The van der Waals surface area contributed by atoms with Crippen LogP contribution in [-0.4, -0.2) is 25.2 Å². The van der Waals surface area contributed by atoms with E-state index >= 15 is 0 Å². The molecule has 2 aromatic rings. The van der Waals surface area contributed by atoms with Gasteiger partial charge in [0.05, 0.1) is 13.1 Å². The third-order valence-electron chi connectivity index (χ3n) is 3.11. The molecule has 0 bridgehead atoms. The van der Waals surface area contributed by atoms with Crippen LogP contribution in [0.3, 0.4) is 0 Å². The molecule has 3 rings (SSSR count). The summed E-state index contributed by atoms with van der Waals surface area (Å²) >= 11 is 0. The largest absolute Gasteiger partial charge is 0.235 e. The zero-order valence-electron chi connectivity index (χ0n) is 11.5. The molecular weight excluding hydrogens is 264 g/mol. The fourth-order valence-corrected chi connectivity index (χ4v) is 2.26. The first-order chi connectivity index (χ1) is 10.4. The number of hydrogen-bond donors (Lipinski definition) is 0. The number of allylic oxidation sites excluding steroid dienone is 1. The van der Waals surface area contributed by atoms with Crippen LogP contribution >= 0.6 is 0 Å². The highest BCUT2D eigenvalue weighted by atomic mass is 16.1. The van der Waals surface area contributed by atoms with Crippen LogP contribution in [0.5, 0.6) is 0 Å². The molecule has 0 amide bonds. The molecule has 0 saturated heterocycles. The molecule has 21 heavy (non-hydrogen) atoms. The molecule has 0 aliphatic heterocycles. The van der Waals surface area contributed by atoms with Crippen molar-refractivity contribution >= 4 is 29.0 Å². The SMILES string of the molecule is C1=Cc2cccc3cccc(c23)C1.O=C=NCCN=C=O. The van der Waals surface area contributed by atoms with E-state index in [1.807, 2.05) is 0 Å². The second-order valence-electron chi connectivity index (χ2n) is 4.41. The topological polar surface area (TPSA) is 58.9 Å². The highest BCUT2D eigenvalue weighted by Crippen LogP contribution is 2.27. The summed E-state index contributed by atoms with van der Waals surface area (Å²) < 4.78 is 0. The maximum absolute atomic E-state index is 9.34. The van der Waals surface area contributed by atoms with Gasteiger partial charge in [-0.1, -0.05) is 48.6 Å². The molecule has 0 heterocycles. The van der Waals surface area contributed by atoms with Crippen LogP contribution in [0.4, 0.5) is 0 Å². The van der Waals surface area contributed by atoms with Crippen molar-refractivity contribution < 1.29 is 9.59 Å². The van der Waals surface area contributed by atoms with Gasteiger partial charge >= 0.3 is 0 Å². The van der Waals surface area contributed by atoms with Crippen LogP contribution in [0.2, 0.25) is 0 Å². The fraction of sp³-hybridized carbons (Fsp3) is 0.176. The van der Waals surface area contributed by atoms with Crippen LogP contribution in [0, 0.1) is 0 Å². The van der Waals surface area contributed by atoms with Crippen LogP contribution in [0.25, 0.3) is 16.8 Å². The van der Waals surface area contributed by atoms with Gasteiger partial charge in [0.15, 0.2) is 0 Å². The fourth-order valence-electron chi connectivity index (χ4n) is 2.26. The lowest BCUT2D eigenvalue weighted by Crippen LogP contribution is -1.91. The Balaban J connectivity index is 0.000000177. The predicted molar refractivity (Wildman–Crippen MR) is 82.7 cm³/mol. The number of aliphatic imine (C=N–C) groups is 2. The second-order valence-corrected chi connectivity index (χ2v) is 4.41. The van der Waals surface area contributed by atoms with Gasteiger partial charge in [-0.3, -0.25) is 0 Å². The van der Waals surface area contributed by atoms with Crippen LogP contribution in [0.1, 0.15) is 11.1 Å². The minimum atomic E-state index is 0.221. The molecule has 0 unspecified atom stereocenters. The first-order valence-corrected chi connectivity index (χ1v) is 6.61. The maximum atomic E-state index is 9.34. The maximum Gasteiger partial charge on any atom is 0.235 e. The van der Waals surface area contributed by atoms with Crippen molar-refractivity contribution in [1.82, 2.24) is 0 Å². The molecule has 1 aliphatic carbocycles. The molecule has 104 valence electrons. The van der Waals surface area contributed by atoms with Crippen molar-refractivity contribution in [3.05, 3.63) is 53.6 Å². The van der Waals surface area contributed by atoms with Crippen LogP contribution < -0.4 is 0 Å². The van der Waals surface area contributed by atoms with Crippen molar-refractivity contribution in [2.24, 2.45) is 9.98 Å². The minimum Gasteiger partial charge on any atom is -0.211 e. The molecule has 0 fully saturated rings. The Morgan fingerprint density at radius 2 is 1.62 bits per heavy atom. The lowest BCUT2D eigenvalue weighted by atomic mass is 9.93. The van der Waals surface area contributed by atoms with E-state index in [9.17, 15) is 9.59 Å². The van der Waals surface area contributed by atoms with E-state index in [4.69, 9.17) is 0 Å². The van der Waals surface area contributed by atoms with E-state index in [0.717, 1.165) is 6.42 Å².